The first-order chi connectivity index (χ1) is 17.0. The second kappa shape index (κ2) is 9.63. The molecular weight excluding hydrogens is 449 g/mol. The van der Waals surface area contributed by atoms with Crippen molar-refractivity contribution in [2.75, 3.05) is 31.7 Å². The molecular formula is C26H24FN5O3. The van der Waals surface area contributed by atoms with Gasteiger partial charge in [-0.2, -0.15) is 0 Å². The third kappa shape index (κ3) is 4.63. The maximum absolute atomic E-state index is 13.7. The van der Waals surface area contributed by atoms with E-state index in [1.165, 1.54) is 29.1 Å². The molecule has 1 aliphatic heterocycles. The SMILES string of the molecule is COc1cc(-c2cccc(F)c2)ccc1C1CN(c2nc(-c3ccncn3)cc(=O)n2C)CCO1. The zero-order valence-corrected chi connectivity index (χ0v) is 19.4. The lowest BCUT2D eigenvalue weighted by Gasteiger charge is -2.35. The Morgan fingerprint density at radius 1 is 1.09 bits per heavy atom. The van der Waals surface area contributed by atoms with Crippen LogP contribution in [0, 0.1) is 5.82 Å². The largest absolute Gasteiger partial charge is 0.496 e. The molecule has 1 aliphatic rings. The molecule has 4 aromatic rings. The lowest BCUT2D eigenvalue weighted by molar-refractivity contribution is 0.0374. The fraction of sp³-hybridized carbons (Fsp3) is 0.231. The van der Waals surface area contributed by atoms with E-state index in [0.29, 0.717) is 42.8 Å². The van der Waals surface area contributed by atoms with Crippen molar-refractivity contribution in [2.24, 2.45) is 7.05 Å². The summed E-state index contributed by atoms with van der Waals surface area (Å²) in [6, 6.07) is 15.4. The number of benzene rings is 2. The number of aromatic nitrogens is 4. The van der Waals surface area contributed by atoms with Crippen molar-refractivity contribution in [2.45, 2.75) is 6.10 Å². The third-order valence-corrected chi connectivity index (χ3v) is 6.04. The highest BCUT2D eigenvalue weighted by Gasteiger charge is 2.27. The zero-order valence-electron chi connectivity index (χ0n) is 19.4. The van der Waals surface area contributed by atoms with E-state index in [1.54, 1.807) is 32.5 Å². The molecule has 35 heavy (non-hydrogen) atoms. The minimum atomic E-state index is -0.306. The Morgan fingerprint density at radius 2 is 1.94 bits per heavy atom. The summed E-state index contributed by atoms with van der Waals surface area (Å²) in [4.78, 5) is 27.6. The molecule has 0 N–H and O–H groups in total. The maximum Gasteiger partial charge on any atom is 0.255 e. The second-order valence-corrected chi connectivity index (χ2v) is 8.21. The monoisotopic (exact) mass is 473 g/mol. The molecule has 0 amide bonds. The van der Waals surface area contributed by atoms with Crippen LogP contribution in [0.5, 0.6) is 5.75 Å². The average Bonchev–Trinajstić information content (AvgIpc) is 2.90. The summed E-state index contributed by atoms with van der Waals surface area (Å²) in [5.74, 6) is 0.893. The van der Waals surface area contributed by atoms with E-state index < -0.39 is 0 Å². The van der Waals surface area contributed by atoms with Crippen molar-refractivity contribution in [1.82, 2.24) is 19.5 Å². The summed E-state index contributed by atoms with van der Waals surface area (Å²) in [5, 5.41) is 0. The van der Waals surface area contributed by atoms with Crippen LogP contribution in [-0.2, 0) is 11.8 Å². The number of nitrogens with zero attached hydrogens (tertiary/aromatic N) is 5. The summed E-state index contributed by atoms with van der Waals surface area (Å²) in [6.45, 7) is 1.50. The quantitative estimate of drug-likeness (QED) is 0.438. The molecule has 1 saturated heterocycles. The van der Waals surface area contributed by atoms with Gasteiger partial charge < -0.3 is 14.4 Å². The number of rotatable bonds is 5. The number of hydrogen-bond donors (Lipinski definition) is 0. The molecule has 2 aromatic carbocycles. The van der Waals surface area contributed by atoms with Crippen LogP contribution in [0.1, 0.15) is 11.7 Å². The molecule has 9 heteroatoms. The van der Waals surface area contributed by atoms with Crippen LogP contribution >= 0.6 is 0 Å². The van der Waals surface area contributed by atoms with Crippen LogP contribution in [0.3, 0.4) is 0 Å². The third-order valence-electron chi connectivity index (χ3n) is 6.04. The summed E-state index contributed by atoms with van der Waals surface area (Å²) in [6.07, 6.45) is 2.74. The normalized spacial score (nSPS) is 15.7. The minimum absolute atomic E-state index is 0.177. The maximum atomic E-state index is 13.7. The molecule has 3 heterocycles. The van der Waals surface area contributed by atoms with Gasteiger partial charge in [0.2, 0.25) is 5.95 Å². The number of ether oxygens (including phenoxy) is 2. The van der Waals surface area contributed by atoms with Crippen molar-refractivity contribution in [3.05, 3.63) is 88.9 Å². The van der Waals surface area contributed by atoms with E-state index in [-0.39, 0.29) is 17.5 Å². The van der Waals surface area contributed by atoms with Gasteiger partial charge in [0.15, 0.2) is 0 Å². The van der Waals surface area contributed by atoms with Crippen LogP contribution < -0.4 is 15.2 Å². The first-order valence-electron chi connectivity index (χ1n) is 11.2. The van der Waals surface area contributed by atoms with Gasteiger partial charge in [-0.05, 0) is 35.4 Å². The van der Waals surface area contributed by atoms with Gasteiger partial charge in [-0.25, -0.2) is 19.3 Å². The highest BCUT2D eigenvalue weighted by Crippen LogP contribution is 2.35. The van der Waals surface area contributed by atoms with Crippen molar-refractivity contribution in [3.63, 3.8) is 0 Å². The molecule has 178 valence electrons. The standard InChI is InChI=1S/C26H24FN5O3/c1-31-25(33)14-22(21-8-9-28-16-29-21)30-26(31)32-10-11-35-24(15-32)20-7-6-18(13-23(20)34-2)17-4-3-5-19(27)12-17/h3-9,12-14,16,24H,10-11,15H2,1-2H3. The summed E-state index contributed by atoms with van der Waals surface area (Å²) < 4.78 is 27.0. The van der Waals surface area contributed by atoms with Crippen LogP contribution in [0.4, 0.5) is 10.3 Å². The van der Waals surface area contributed by atoms with Crippen molar-refractivity contribution in [1.29, 1.82) is 0 Å². The van der Waals surface area contributed by atoms with Crippen molar-refractivity contribution in [3.8, 4) is 28.3 Å². The molecule has 1 unspecified atom stereocenters. The van der Waals surface area contributed by atoms with Gasteiger partial charge >= 0.3 is 0 Å². The number of methoxy groups -OCH3 is 1. The topological polar surface area (TPSA) is 82.4 Å². The second-order valence-electron chi connectivity index (χ2n) is 8.21. The van der Waals surface area contributed by atoms with Gasteiger partial charge in [0.05, 0.1) is 31.6 Å². The van der Waals surface area contributed by atoms with E-state index in [0.717, 1.165) is 16.7 Å². The van der Waals surface area contributed by atoms with Crippen molar-refractivity contribution >= 4 is 5.95 Å². The molecule has 0 saturated carbocycles. The molecule has 8 nitrogen and oxygen atoms in total. The number of halogens is 1. The van der Waals surface area contributed by atoms with E-state index in [9.17, 15) is 9.18 Å². The predicted octanol–water partition coefficient (Wildman–Crippen LogP) is 3.63. The number of morpholine rings is 1. The first kappa shape index (κ1) is 22.7. The summed E-state index contributed by atoms with van der Waals surface area (Å²) in [7, 11) is 3.30. The fourth-order valence-corrected chi connectivity index (χ4v) is 4.23. The van der Waals surface area contributed by atoms with Crippen LogP contribution in [0.25, 0.3) is 22.5 Å². The molecule has 5 rings (SSSR count). The minimum Gasteiger partial charge on any atom is -0.496 e. The van der Waals surface area contributed by atoms with E-state index in [4.69, 9.17) is 14.5 Å². The van der Waals surface area contributed by atoms with E-state index in [1.807, 2.05) is 29.2 Å². The van der Waals surface area contributed by atoms with Crippen LogP contribution in [0.15, 0.2) is 71.9 Å². The number of anilines is 1. The van der Waals surface area contributed by atoms with Crippen molar-refractivity contribution < 1.29 is 13.9 Å². The highest BCUT2D eigenvalue weighted by molar-refractivity contribution is 5.66. The first-order valence-corrected chi connectivity index (χ1v) is 11.2. The fourth-order valence-electron chi connectivity index (χ4n) is 4.23. The highest BCUT2D eigenvalue weighted by atomic mass is 19.1. The zero-order chi connectivity index (χ0) is 24.4. The van der Waals surface area contributed by atoms with Gasteiger partial charge in [0.1, 0.15) is 24.0 Å². The molecule has 2 aromatic heterocycles. The van der Waals surface area contributed by atoms with Crippen LogP contribution in [0.2, 0.25) is 0 Å². The molecule has 0 aliphatic carbocycles. The molecule has 0 radical (unpaired) electrons. The van der Waals surface area contributed by atoms with Gasteiger partial charge in [-0.1, -0.05) is 24.3 Å². The Labute approximate surface area is 201 Å². The van der Waals surface area contributed by atoms with Gasteiger partial charge in [0, 0.05) is 31.4 Å². The lowest BCUT2D eigenvalue weighted by Crippen LogP contribution is -2.41. The van der Waals surface area contributed by atoms with Crippen LogP contribution in [-0.4, -0.2) is 46.3 Å². The molecule has 0 spiro atoms. The Kier molecular flexibility index (Phi) is 6.24. The Morgan fingerprint density at radius 3 is 2.71 bits per heavy atom. The Hall–Kier alpha value is -4.11. The molecule has 1 fully saturated rings. The molecule has 1 atom stereocenters. The van der Waals surface area contributed by atoms with Gasteiger partial charge in [-0.3, -0.25) is 9.36 Å². The summed E-state index contributed by atoms with van der Waals surface area (Å²) >= 11 is 0. The average molecular weight is 474 g/mol. The predicted molar refractivity (Wildman–Crippen MR) is 130 cm³/mol. The lowest BCUT2D eigenvalue weighted by atomic mass is 9.99. The Bertz CT molecular complexity index is 1410. The smallest absolute Gasteiger partial charge is 0.255 e. The summed E-state index contributed by atoms with van der Waals surface area (Å²) in [5.41, 5.74) is 3.38. The van der Waals surface area contributed by atoms with E-state index in [2.05, 4.69) is 9.97 Å². The Balaban J connectivity index is 1.46. The van der Waals surface area contributed by atoms with E-state index >= 15 is 0 Å². The molecule has 0 bridgehead atoms. The van der Waals surface area contributed by atoms with Gasteiger partial charge in [-0.15, -0.1) is 0 Å². The van der Waals surface area contributed by atoms with Gasteiger partial charge in [0.25, 0.3) is 5.56 Å². The number of hydrogen-bond acceptors (Lipinski definition) is 7.